The zero-order valence-electron chi connectivity index (χ0n) is 11.9. The molecule has 1 heterocycles. The smallest absolute Gasteiger partial charge is 0.168 e. The molecule has 21 heavy (non-hydrogen) atoms. The van der Waals surface area contributed by atoms with Gasteiger partial charge in [-0.05, 0) is 29.8 Å². The monoisotopic (exact) mass is 314 g/mol. The van der Waals surface area contributed by atoms with Crippen LogP contribution in [0.3, 0.4) is 0 Å². The molecule has 0 atom stereocenters. The highest BCUT2D eigenvalue weighted by molar-refractivity contribution is 8.21. The number of hydrogen-bond acceptors (Lipinski definition) is 3. The summed E-state index contributed by atoms with van der Waals surface area (Å²) in [5.74, 6) is 0. The van der Waals surface area contributed by atoms with E-state index in [4.69, 9.17) is 11.6 Å². The maximum atomic E-state index is 6.15. The minimum Gasteiger partial charge on any atom is -0.357 e. The molecule has 0 bridgehead atoms. The van der Waals surface area contributed by atoms with Gasteiger partial charge in [0.1, 0.15) is 0 Å². The van der Waals surface area contributed by atoms with Gasteiger partial charge in [0, 0.05) is 29.6 Å². The molecule has 1 aliphatic heterocycles. The summed E-state index contributed by atoms with van der Waals surface area (Å²) >= 11 is 7.81. The molecule has 0 N–H and O–H groups in total. The molecule has 3 rings (SSSR count). The van der Waals surface area contributed by atoms with Crippen molar-refractivity contribution >= 4 is 45.2 Å². The van der Waals surface area contributed by atoms with Crippen molar-refractivity contribution in [2.75, 3.05) is 14.1 Å². The van der Waals surface area contributed by atoms with Crippen molar-refractivity contribution in [1.82, 2.24) is 4.90 Å². The normalized spacial score (nSPS) is 15.6. The van der Waals surface area contributed by atoms with Gasteiger partial charge < -0.3 is 4.90 Å². The molecule has 0 aromatic heterocycles. The van der Waals surface area contributed by atoms with E-state index in [2.05, 4.69) is 23.2 Å². The Morgan fingerprint density at radius 2 is 1.86 bits per heavy atom. The molecule has 0 saturated carbocycles. The lowest BCUT2D eigenvalue weighted by molar-refractivity contribution is 0.636. The van der Waals surface area contributed by atoms with E-state index in [1.54, 1.807) is 11.8 Å². The first-order valence-corrected chi connectivity index (χ1v) is 7.83. The van der Waals surface area contributed by atoms with E-state index in [0.29, 0.717) is 0 Å². The number of amidine groups is 1. The van der Waals surface area contributed by atoms with Gasteiger partial charge in [0.15, 0.2) is 5.17 Å². The van der Waals surface area contributed by atoms with Gasteiger partial charge in [-0.15, -0.1) is 0 Å². The molecule has 0 fully saturated rings. The standard InChI is InChI=1S/C17H15ClN2S/c1-20(2)17-19-15-9-8-13(18)11-14(15)16(21-17)10-12-6-4-3-5-7-12/h3-11H,1-2H3. The Morgan fingerprint density at radius 1 is 1.10 bits per heavy atom. The van der Waals surface area contributed by atoms with Gasteiger partial charge >= 0.3 is 0 Å². The summed E-state index contributed by atoms with van der Waals surface area (Å²) in [6, 6.07) is 16.1. The van der Waals surface area contributed by atoms with Crippen LogP contribution in [0.25, 0.3) is 11.0 Å². The Labute approximate surface area is 134 Å². The second-order valence-corrected chi connectivity index (χ2v) is 6.42. The molecule has 0 aliphatic carbocycles. The van der Waals surface area contributed by atoms with Crippen LogP contribution in [0.4, 0.5) is 5.69 Å². The minimum atomic E-state index is 0.733. The quantitative estimate of drug-likeness (QED) is 0.724. The fraction of sp³-hybridized carbons (Fsp3) is 0.118. The third kappa shape index (κ3) is 3.14. The highest BCUT2D eigenvalue weighted by Crippen LogP contribution is 2.42. The van der Waals surface area contributed by atoms with Crippen LogP contribution >= 0.6 is 23.4 Å². The van der Waals surface area contributed by atoms with Crippen LogP contribution in [0.15, 0.2) is 53.5 Å². The zero-order valence-corrected chi connectivity index (χ0v) is 13.4. The number of rotatable bonds is 1. The van der Waals surface area contributed by atoms with Crippen molar-refractivity contribution in [2.45, 2.75) is 0 Å². The first-order chi connectivity index (χ1) is 10.1. The van der Waals surface area contributed by atoms with E-state index < -0.39 is 0 Å². The number of halogens is 1. The van der Waals surface area contributed by atoms with E-state index in [9.17, 15) is 0 Å². The molecule has 0 amide bonds. The largest absolute Gasteiger partial charge is 0.357 e. The van der Waals surface area contributed by atoms with Crippen molar-refractivity contribution in [3.05, 3.63) is 64.7 Å². The SMILES string of the molecule is CN(C)C1=Nc2ccc(Cl)cc2C(=Cc2ccccc2)S1. The maximum absolute atomic E-state index is 6.15. The third-order valence-electron chi connectivity index (χ3n) is 3.12. The Balaban J connectivity index is 2.12. The predicted molar refractivity (Wildman–Crippen MR) is 94.1 cm³/mol. The number of hydrogen-bond donors (Lipinski definition) is 0. The number of nitrogens with zero attached hydrogens (tertiary/aromatic N) is 2. The predicted octanol–water partition coefficient (Wildman–Crippen LogP) is 5.13. The molecule has 0 radical (unpaired) electrons. The van der Waals surface area contributed by atoms with Crippen LogP contribution in [-0.2, 0) is 0 Å². The van der Waals surface area contributed by atoms with Crippen molar-refractivity contribution in [3.8, 4) is 0 Å². The third-order valence-corrected chi connectivity index (χ3v) is 4.55. The summed E-state index contributed by atoms with van der Waals surface area (Å²) in [6.45, 7) is 0. The van der Waals surface area contributed by atoms with E-state index in [-0.39, 0.29) is 0 Å². The van der Waals surface area contributed by atoms with Crippen LogP contribution in [0.1, 0.15) is 11.1 Å². The van der Waals surface area contributed by atoms with Crippen molar-refractivity contribution in [2.24, 2.45) is 4.99 Å². The fourth-order valence-corrected chi connectivity index (χ4v) is 3.25. The highest BCUT2D eigenvalue weighted by atomic mass is 35.5. The molecule has 1 aliphatic rings. The molecule has 4 heteroatoms. The van der Waals surface area contributed by atoms with Crippen LogP contribution in [0.2, 0.25) is 5.02 Å². The van der Waals surface area contributed by atoms with Gasteiger partial charge in [0.2, 0.25) is 0 Å². The Morgan fingerprint density at radius 3 is 2.57 bits per heavy atom. The lowest BCUT2D eigenvalue weighted by atomic mass is 10.1. The number of aliphatic imine (C=N–C) groups is 1. The summed E-state index contributed by atoms with van der Waals surface area (Å²) in [7, 11) is 4.01. The first kappa shape index (κ1) is 14.2. The van der Waals surface area contributed by atoms with Gasteiger partial charge in [-0.2, -0.15) is 0 Å². The average Bonchev–Trinajstić information content (AvgIpc) is 2.48. The Kier molecular flexibility index (Phi) is 4.04. The van der Waals surface area contributed by atoms with Gasteiger partial charge in [-0.25, -0.2) is 4.99 Å². The molecule has 2 aromatic rings. The van der Waals surface area contributed by atoms with E-state index >= 15 is 0 Å². The highest BCUT2D eigenvalue weighted by Gasteiger charge is 2.19. The molecule has 0 saturated heterocycles. The minimum absolute atomic E-state index is 0.733. The molecular formula is C17H15ClN2S. The second kappa shape index (κ2) is 5.96. The molecule has 0 unspecified atom stereocenters. The van der Waals surface area contributed by atoms with Crippen molar-refractivity contribution < 1.29 is 0 Å². The van der Waals surface area contributed by atoms with Gasteiger partial charge in [-0.1, -0.05) is 53.7 Å². The van der Waals surface area contributed by atoms with Gasteiger partial charge in [-0.3, -0.25) is 0 Å². The van der Waals surface area contributed by atoms with Gasteiger partial charge in [0.25, 0.3) is 0 Å². The molecule has 2 aromatic carbocycles. The first-order valence-electron chi connectivity index (χ1n) is 6.64. The van der Waals surface area contributed by atoms with E-state index in [1.165, 1.54) is 5.56 Å². The zero-order chi connectivity index (χ0) is 14.8. The van der Waals surface area contributed by atoms with Crippen LogP contribution in [0, 0.1) is 0 Å². The topological polar surface area (TPSA) is 15.6 Å². The summed E-state index contributed by atoms with van der Waals surface area (Å²) < 4.78 is 0. The van der Waals surface area contributed by atoms with Gasteiger partial charge in [0.05, 0.1) is 5.69 Å². The van der Waals surface area contributed by atoms with Crippen LogP contribution in [-0.4, -0.2) is 24.2 Å². The number of thioether (sulfide) groups is 1. The lowest BCUT2D eigenvalue weighted by Crippen LogP contribution is -2.19. The molecule has 2 nitrogen and oxygen atoms in total. The van der Waals surface area contributed by atoms with E-state index in [0.717, 1.165) is 26.3 Å². The lowest BCUT2D eigenvalue weighted by Gasteiger charge is -2.22. The average molecular weight is 315 g/mol. The summed E-state index contributed by atoms with van der Waals surface area (Å²) in [5, 5.41) is 1.71. The molecular weight excluding hydrogens is 300 g/mol. The summed E-state index contributed by atoms with van der Waals surface area (Å²) in [4.78, 5) is 7.88. The summed E-state index contributed by atoms with van der Waals surface area (Å²) in [6.07, 6.45) is 2.18. The fourth-order valence-electron chi connectivity index (χ4n) is 2.08. The Hall–Kier alpha value is -1.71. The second-order valence-electron chi connectivity index (χ2n) is 4.97. The van der Waals surface area contributed by atoms with Crippen molar-refractivity contribution in [1.29, 1.82) is 0 Å². The maximum Gasteiger partial charge on any atom is 0.168 e. The van der Waals surface area contributed by atoms with Crippen LogP contribution < -0.4 is 0 Å². The number of fused-ring (bicyclic) bond motifs is 1. The summed E-state index contributed by atoms with van der Waals surface area (Å²) in [5.41, 5.74) is 3.22. The van der Waals surface area contributed by atoms with Crippen LogP contribution in [0.5, 0.6) is 0 Å². The Bertz CT molecular complexity index is 721. The molecule has 0 spiro atoms. The van der Waals surface area contributed by atoms with Crippen molar-refractivity contribution in [3.63, 3.8) is 0 Å². The number of benzene rings is 2. The molecule has 106 valence electrons. The van der Waals surface area contributed by atoms with E-state index in [1.807, 2.05) is 55.4 Å².